The van der Waals surface area contributed by atoms with E-state index in [4.69, 9.17) is 4.42 Å². The van der Waals surface area contributed by atoms with Crippen LogP contribution in [-0.4, -0.2) is 25.4 Å². The van der Waals surface area contributed by atoms with Crippen LogP contribution in [-0.2, 0) is 4.79 Å². The second-order valence-corrected chi connectivity index (χ2v) is 4.97. The van der Waals surface area contributed by atoms with E-state index in [0.717, 1.165) is 15.4 Å². The number of carbonyl (C=O) groups excluding carboxylic acids is 2. The van der Waals surface area contributed by atoms with Crippen LogP contribution in [0.2, 0.25) is 0 Å². The topological polar surface area (TPSA) is 71.3 Å². The third-order valence-corrected chi connectivity index (χ3v) is 3.29. The van der Waals surface area contributed by atoms with E-state index >= 15 is 0 Å². The number of benzene rings is 1. The zero-order chi connectivity index (χ0) is 14.0. The predicted molar refractivity (Wildman–Crippen MR) is 75.1 cm³/mol. The lowest BCUT2D eigenvalue weighted by atomic mass is 10.1. The molecule has 1 heterocycles. The standard InChI is InChI=1S/C13H13BrN2O3/c1-7-9-5-8(14)3-4-10(9)19-12(7)13(18)16-6-11(17)15-2/h3-5H,6H2,1-2H3,(H,15,17)(H,16,18). The Morgan fingerprint density at radius 2 is 2.11 bits per heavy atom. The van der Waals surface area contributed by atoms with Gasteiger partial charge in [-0.25, -0.2) is 0 Å². The van der Waals surface area contributed by atoms with Crippen molar-refractivity contribution >= 4 is 38.7 Å². The van der Waals surface area contributed by atoms with E-state index < -0.39 is 5.91 Å². The molecule has 6 heteroatoms. The van der Waals surface area contributed by atoms with Crippen molar-refractivity contribution in [2.24, 2.45) is 0 Å². The summed E-state index contributed by atoms with van der Waals surface area (Å²) in [5, 5.41) is 5.81. The van der Waals surface area contributed by atoms with Gasteiger partial charge in [-0.05, 0) is 25.1 Å². The number of hydrogen-bond acceptors (Lipinski definition) is 3. The van der Waals surface area contributed by atoms with Crippen molar-refractivity contribution in [2.75, 3.05) is 13.6 Å². The molecule has 2 rings (SSSR count). The van der Waals surface area contributed by atoms with Crippen LogP contribution < -0.4 is 10.6 Å². The number of likely N-dealkylation sites (N-methyl/N-ethyl adjacent to an activating group) is 1. The van der Waals surface area contributed by atoms with E-state index in [9.17, 15) is 9.59 Å². The van der Waals surface area contributed by atoms with Gasteiger partial charge >= 0.3 is 0 Å². The summed E-state index contributed by atoms with van der Waals surface area (Å²) in [6.07, 6.45) is 0. The molecule has 100 valence electrons. The van der Waals surface area contributed by atoms with E-state index in [0.29, 0.717) is 5.58 Å². The maximum atomic E-state index is 11.9. The van der Waals surface area contributed by atoms with E-state index in [1.165, 1.54) is 7.05 Å². The first-order chi connectivity index (χ1) is 9.02. The van der Waals surface area contributed by atoms with Gasteiger partial charge in [0.15, 0.2) is 5.76 Å². The Balaban J connectivity index is 2.27. The molecule has 2 aromatic rings. The quantitative estimate of drug-likeness (QED) is 0.906. The number of fused-ring (bicyclic) bond motifs is 1. The average molecular weight is 325 g/mol. The second kappa shape index (κ2) is 5.44. The number of carbonyl (C=O) groups is 2. The van der Waals surface area contributed by atoms with Crippen molar-refractivity contribution in [1.29, 1.82) is 0 Å². The van der Waals surface area contributed by atoms with E-state index in [-0.39, 0.29) is 18.2 Å². The molecular formula is C13H13BrN2O3. The maximum absolute atomic E-state index is 11.9. The van der Waals surface area contributed by atoms with Gasteiger partial charge in [-0.15, -0.1) is 0 Å². The molecule has 0 saturated heterocycles. The number of furan rings is 1. The monoisotopic (exact) mass is 324 g/mol. The first kappa shape index (κ1) is 13.6. The molecule has 0 unspecified atom stereocenters. The molecule has 0 aliphatic heterocycles. The summed E-state index contributed by atoms with van der Waals surface area (Å²) in [5.41, 5.74) is 1.40. The first-order valence-corrected chi connectivity index (χ1v) is 6.49. The molecule has 5 nitrogen and oxygen atoms in total. The third kappa shape index (κ3) is 2.78. The Morgan fingerprint density at radius 3 is 2.79 bits per heavy atom. The largest absolute Gasteiger partial charge is 0.451 e. The lowest BCUT2D eigenvalue weighted by molar-refractivity contribution is -0.119. The second-order valence-electron chi connectivity index (χ2n) is 4.05. The normalized spacial score (nSPS) is 10.5. The highest BCUT2D eigenvalue weighted by molar-refractivity contribution is 9.10. The van der Waals surface area contributed by atoms with Crippen LogP contribution in [0.25, 0.3) is 11.0 Å². The van der Waals surface area contributed by atoms with Crippen molar-refractivity contribution in [1.82, 2.24) is 10.6 Å². The molecule has 0 fully saturated rings. The minimum absolute atomic E-state index is 0.0739. The van der Waals surface area contributed by atoms with Crippen LogP contribution in [0.5, 0.6) is 0 Å². The number of halogens is 1. The Morgan fingerprint density at radius 1 is 1.37 bits per heavy atom. The van der Waals surface area contributed by atoms with Crippen LogP contribution in [0.1, 0.15) is 16.1 Å². The average Bonchev–Trinajstić information content (AvgIpc) is 2.73. The molecule has 1 aromatic heterocycles. The van der Waals surface area contributed by atoms with Crippen molar-refractivity contribution in [3.63, 3.8) is 0 Å². The fourth-order valence-electron chi connectivity index (χ4n) is 1.74. The summed E-state index contributed by atoms with van der Waals surface area (Å²) in [6.45, 7) is 1.74. The predicted octanol–water partition coefficient (Wildman–Crippen LogP) is 1.98. The molecule has 0 spiro atoms. The van der Waals surface area contributed by atoms with E-state index in [1.54, 1.807) is 6.07 Å². The van der Waals surface area contributed by atoms with E-state index in [1.807, 2.05) is 19.1 Å². The molecular weight excluding hydrogens is 312 g/mol. The highest BCUT2D eigenvalue weighted by Crippen LogP contribution is 2.27. The minimum atomic E-state index is -0.395. The Labute approximate surface area is 118 Å². The van der Waals surface area contributed by atoms with Gasteiger partial charge in [0, 0.05) is 22.5 Å². The van der Waals surface area contributed by atoms with Gasteiger partial charge in [0.1, 0.15) is 5.58 Å². The molecule has 0 aliphatic rings. The fourth-order valence-corrected chi connectivity index (χ4v) is 2.10. The Kier molecular flexibility index (Phi) is 3.90. The van der Waals surface area contributed by atoms with Crippen LogP contribution in [0, 0.1) is 6.92 Å². The lowest BCUT2D eigenvalue weighted by Gasteiger charge is -2.02. The van der Waals surface area contributed by atoms with Gasteiger partial charge in [-0.3, -0.25) is 9.59 Å². The number of amides is 2. The number of aryl methyl sites for hydroxylation is 1. The molecule has 1 aromatic carbocycles. The van der Waals surface area contributed by atoms with Gasteiger partial charge < -0.3 is 15.1 Å². The van der Waals surface area contributed by atoms with Crippen LogP contribution in [0.3, 0.4) is 0 Å². The van der Waals surface area contributed by atoms with E-state index in [2.05, 4.69) is 26.6 Å². The third-order valence-electron chi connectivity index (χ3n) is 2.79. The highest BCUT2D eigenvalue weighted by atomic mass is 79.9. The molecule has 2 N–H and O–H groups in total. The molecule has 0 atom stereocenters. The van der Waals surface area contributed by atoms with Crippen LogP contribution in [0.15, 0.2) is 27.1 Å². The van der Waals surface area contributed by atoms with Gasteiger partial charge in [0.2, 0.25) is 5.91 Å². The summed E-state index contributed by atoms with van der Waals surface area (Å²) in [6, 6.07) is 5.53. The summed E-state index contributed by atoms with van der Waals surface area (Å²) >= 11 is 3.38. The highest BCUT2D eigenvalue weighted by Gasteiger charge is 2.18. The van der Waals surface area contributed by atoms with Crippen molar-refractivity contribution in [3.05, 3.63) is 34.0 Å². The van der Waals surface area contributed by atoms with Gasteiger partial charge in [-0.1, -0.05) is 15.9 Å². The molecule has 0 bridgehead atoms. The lowest BCUT2D eigenvalue weighted by Crippen LogP contribution is -2.35. The fraction of sp³-hybridized carbons (Fsp3) is 0.231. The minimum Gasteiger partial charge on any atom is -0.451 e. The molecule has 0 saturated carbocycles. The SMILES string of the molecule is CNC(=O)CNC(=O)c1oc2ccc(Br)cc2c1C. The number of rotatable bonds is 3. The summed E-state index contributed by atoms with van der Waals surface area (Å²) < 4.78 is 6.43. The Bertz CT molecular complexity index is 649. The van der Waals surface area contributed by atoms with Gasteiger partial charge in [-0.2, -0.15) is 0 Å². The van der Waals surface area contributed by atoms with Gasteiger partial charge in [0.05, 0.1) is 6.54 Å². The summed E-state index contributed by atoms with van der Waals surface area (Å²) in [7, 11) is 1.51. The first-order valence-electron chi connectivity index (χ1n) is 5.70. The van der Waals surface area contributed by atoms with Crippen LogP contribution in [0.4, 0.5) is 0 Å². The van der Waals surface area contributed by atoms with Crippen LogP contribution >= 0.6 is 15.9 Å². The smallest absolute Gasteiger partial charge is 0.287 e. The number of nitrogens with one attached hydrogen (secondary N) is 2. The molecule has 19 heavy (non-hydrogen) atoms. The molecule has 2 amide bonds. The van der Waals surface area contributed by atoms with Crippen molar-refractivity contribution in [2.45, 2.75) is 6.92 Å². The molecule has 0 radical (unpaired) electrons. The van der Waals surface area contributed by atoms with Crippen molar-refractivity contribution in [3.8, 4) is 0 Å². The zero-order valence-corrected chi connectivity index (χ0v) is 12.1. The molecule has 0 aliphatic carbocycles. The number of hydrogen-bond donors (Lipinski definition) is 2. The Hall–Kier alpha value is -1.82. The maximum Gasteiger partial charge on any atom is 0.287 e. The zero-order valence-electron chi connectivity index (χ0n) is 10.5. The summed E-state index contributed by atoms with van der Waals surface area (Å²) in [5.74, 6) is -0.421. The summed E-state index contributed by atoms with van der Waals surface area (Å²) in [4.78, 5) is 23.0. The van der Waals surface area contributed by atoms with Crippen molar-refractivity contribution < 1.29 is 14.0 Å². The van der Waals surface area contributed by atoms with Gasteiger partial charge in [0.25, 0.3) is 5.91 Å².